The number of aromatic nitrogens is 2. The Hall–Kier alpha value is -1.03. The standard InChI is InChI=1S/C9H12ClN3O/c1-2-13-9(14)8(10)7(5-11-13)12-6-3-4-6/h5-6,12H,2-4H2,1H3. The SMILES string of the molecule is CCn1ncc(NC2CC2)c(Cl)c1=O. The molecule has 1 aromatic heterocycles. The van der Waals surface area contributed by atoms with Crippen LogP contribution in [-0.2, 0) is 6.54 Å². The van der Waals surface area contributed by atoms with Crippen molar-refractivity contribution in [2.75, 3.05) is 5.32 Å². The van der Waals surface area contributed by atoms with E-state index in [1.807, 2.05) is 6.92 Å². The second-order valence-electron chi connectivity index (χ2n) is 3.41. The molecule has 4 nitrogen and oxygen atoms in total. The number of hydrogen-bond donors (Lipinski definition) is 1. The quantitative estimate of drug-likeness (QED) is 0.828. The Morgan fingerprint density at radius 2 is 2.43 bits per heavy atom. The molecule has 14 heavy (non-hydrogen) atoms. The first-order valence-electron chi connectivity index (χ1n) is 4.74. The molecule has 5 heteroatoms. The lowest BCUT2D eigenvalue weighted by Crippen LogP contribution is -2.23. The van der Waals surface area contributed by atoms with Crippen LogP contribution in [0.5, 0.6) is 0 Å². The molecule has 2 rings (SSSR count). The topological polar surface area (TPSA) is 46.9 Å². The van der Waals surface area contributed by atoms with E-state index in [4.69, 9.17) is 11.6 Å². The van der Waals surface area contributed by atoms with Crippen LogP contribution in [0.25, 0.3) is 0 Å². The molecule has 0 amide bonds. The highest BCUT2D eigenvalue weighted by Crippen LogP contribution is 2.26. The summed E-state index contributed by atoms with van der Waals surface area (Å²) in [6.45, 7) is 2.40. The van der Waals surface area contributed by atoms with Gasteiger partial charge in [0.15, 0.2) is 0 Å². The van der Waals surface area contributed by atoms with E-state index in [0.29, 0.717) is 18.3 Å². The summed E-state index contributed by atoms with van der Waals surface area (Å²) in [4.78, 5) is 11.6. The number of anilines is 1. The first-order valence-corrected chi connectivity index (χ1v) is 5.12. The second-order valence-corrected chi connectivity index (χ2v) is 3.79. The third-order valence-corrected chi connectivity index (χ3v) is 2.59. The van der Waals surface area contributed by atoms with Gasteiger partial charge in [-0.2, -0.15) is 5.10 Å². The first kappa shape index (κ1) is 9.52. The van der Waals surface area contributed by atoms with E-state index in [2.05, 4.69) is 10.4 Å². The maximum absolute atomic E-state index is 11.6. The number of nitrogens with zero attached hydrogens (tertiary/aromatic N) is 2. The van der Waals surface area contributed by atoms with E-state index < -0.39 is 0 Å². The van der Waals surface area contributed by atoms with Crippen molar-refractivity contribution in [2.45, 2.75) is 32.4 Å². The molecule has 0 unspecified atom stereocenters. The fraction of sp³-hybridized carbons (Fsp3) is 0.556. The van der Waals surface area contributed by atoms with E-state index in [9.17, 15) is 4.79 Å². The maximum atomic E-state index is 11.6. The van der Waals surface area contributed by atoms with Crippen LogP contribution in [0.2, 0.25) is 5.02 Å². The van der Waals surface area contributed by atoms with Crippen LogP contribution in [0.4, 0.5) is 5.69 Å². The lowest BCUT2D eigenvalue weighted by Gasteiger charge is -2.07. The molecule has 0 saturated heterocycles. The molecule has 1 N–H and O–H groups in total. The summed E-state index contributed by atoms with van der Waals surface area (Å²) in [7, 11) is 0. The van der Waals surface area contributed by atoms with E-state index >= 15 is 0 Å². The second kappa shape index (κ2) is 3.61. The van der Waals surface area contributed by atoms with Gasteiger partial charge in [0.1, 0.15) is 5.02 Å². The van der Waals surface area contributed by atoms with E-state index in [0.717, 1.165) is 12.8 Å². The average Bonchev–Trinajstić information content (AvgIpc) is 2.97. The van der Waals surface area contributed by atoms with Crippen molar-refractivity contribution < 1.29 is 0 Å². The number of hydrogen-bond acceptors (Lipinski definition) is 3. The summed E-state index contributed by atoms with van der Waals surface area (Å²) in [6.07, 6.45) is 3.91. The van der Waals surface area contributed by atoms with Gasteiger partial charge < -0.3 is 5.32 Å². The molecule has 0 spiro atoms. The number of aryl methyl sites for hydroxylation is 1. The Morgan fingerprint density at radius 3 is 3.00 bits per heavy atom. The minimum atomic E-state index is -0.222. The lowest BCUT2D eigenvalue weighted by molar-refractivity contribution is 0.616. The molecule has 1 saturated carbocycles. The predicted octanol–water partition coefficient (Wildman–Crippen LogP) is 1.49. The molecule has 0 radical (unpaired) electrons. The minimum absolute atomic E-state index is 0.222. The fourth-order valence-corrected chi connectivity index (χ4v) is 1.44. The monoisotopic (exact) mass is 213 g/mol. The number of rotatable bonds is 3. The van der Waals surface area contributed by atoms with Crippen molar-refractivity contribution in [3.63, 3.8) is 0 Å². The molecular formula is C9H12ClN3O. The van der Waals surface area contributed by atoms with E-state index in [1.54, 1.807) is 6.20 Å². The van der Waals surface area contributed by atoms with Crippen LogP contribution in [-0.4, -0.2) is 15.8 Å². The van der Waals surface area contributed by atoms with Crippen LogP contribution in [0.15, 0.2) is 11.0 Å². The van der Waals surface area contributed by atoms with E-state index in [-0.39, 0.29) is 10.6 Å². The molecule has 76 valence electrons. The Kier molecular flexibility index (Phi) is 2.46. The maximum Gasteiger partial charge on any atom is 0.287 e. The zero-order valence-electron chi connectivity index (χ0n) is 7.96. The van der Waals surface area contributed by atoms with Crippen LogP contribution >= 0.6 is 11.6 Å². The van der Waals surface area contributed by atoms with Gasteiger partial charge in [-0.1, -0.05) is 11.6 Å². The molecule has 1 aliphatic carbocycles. The Bertz CT molecular complexity index is 398. The summed E-state index contributed by atoms with van der Waals surface area (Å²) in [5.74, 6) is 0. The Balaban J connectivity index is 2.32. The molecule has 1 aliphatic rings. The van der Waals surface area contributed by atoms with E-state index in [1.165, 1.54) is 4.68 Å². The fourth-order valence-electron chi connectivity index (χ4n) is 1.24. The van der Waals surface area contributed by atoms with Gasteiger partial charge in [0.05, 0.1) is 11.9 Å². The van der Waals surface area contributed by atoms with Crippen molar-refractivity contribution in [3.05, 3.63) is 21.6 Å². The molecule has 1 heterocycles. The first-order chi connectivity index (χ1) is 6.72. The van der Waals surface area contributed by atoms with Gasteiger partial charge in [-0.15, -0.1) is 0 Å². The average molecular weight is 214 g/mol. The van der Waals surface area contributed by atoms with Gasteiger partial charge in [0.25, 0.3) is 5.56 Å². The largest absolute Gasteiger partial charge is 0.380 e. The molecular weight excluding hydrogens is 202 g/mol. The zero-order chi connectivity index (χ0) is 10.1. The van der Waals surface area contributed by atoms with Crippen LogP contribution < -0.4 is 10.9 Å². The normalized spacial score (nSPS) is 15.6. The summed E-state index contributed by atoms with van der Waals surface area (Å²) in [5, 5.41) is 7.41. The Labute approximate surface area is 86.9 Å². The third-order valence-electron chi connectivity index (χ3n) is 2.22. The molecule has 1 fully saturated rings. The molecule has 0 bridgehead atoms. The van der Waals surface area contributed by atoms with Crippen molar-refractivity contribution >= 4 is 17.3 Å². The number of nitrogens with one attached hydrogen (secondary N) is 1. The molecule has 0 atom stereocenters. The highest BCUT2D eigenvalue weighted by Gasteiger charge is 2.22. The Morgan fingerprint density at radius 1 is 1.71 bits per heavy atom. The summed E-state index contributed by atoms with van der Waals surface area (Å²) < 4.78 is 1.35. The summed E-state index contributed by atoms with van der Waals surface area (Å²) >= 11 is 5.91. The van der Waals surface area contributed by atoms with Crippen LogP contribution in [0.3, 0.4) is 0 Å². The van der Waals surface area contributed by atoms with Gasteiger partial charge in [-0.25, -0.2) is 4.68 Å². The van der Waals surface area contributed by atoms with Gasteiger partial charge in [-0.3, -0.25) is 4.79 Å². The van der Waals surface area contributed by atoms with Crippen molar-refractivity contribution in [1.29, 1.82) is 0 Å². The third kappa shape index (κ3) is 1.75. The van der Waals surface area contributed by atoms with Gasteiger partial charge in [-0.05, 0) is 19.8 Å². The van der Waals surface area contributed by atoms with Crippen molar-refractivity contribution in [3.8, 4) is 0 Å². The molecule has 1 aromatic rings. The highest BCUT2D eigenvalue weighted by molar-refractivity contribution is 6.32. The van der Waals surface area contributed by atoms with Crippen molar-refractivity contribution in [1.82, 2.24) is 9.78 Å². The van der Waals surface area contributed by atoms with Gasteiger partial charge >= 0.3 is 0 Å². The van der Waals surface area contributed by atoms with Crippen LogP contribution in [0, 0.1) is 0 Å². The highest BCUT2D eigenvalue weighted by atomic mass is 35.5. The number of halogens is 1. The lowest BCUT2D eigenvalue weighted by atomic mass is 10.4. The predicted molar refractivity (Wildman–Crippen MR) is 55.8 cm³/mol. The smallest absolute Gasteiger partial charge is 0.287 e. The van der Waals surface area contributed by atoms with Gasteiger partial charge in [0.2, 0.25) is 0 Å². The molecule has 0 aliphatic heterocycles. The summed E-state index contributed by atoms with van der Waals surface area (Å²) in [5.41, 5.74) is 0.434. The summed E-state index contributed by atoms with van der Waals surface area (Å²) in [6, 6.07) is 0.478. The molecule has 0 aromatic carbocycles. The van der Waals surface area contributed by atoms with Crippen LogP contribution in [0.1, 0.15) is 19.8 Å². The minimum Gasteiger partial charge on any atom is -0.380 e. The van der Waals surface area contributed by atoms with Crippen molar-refractivity contribution in [2.24, 2.45) is 0 Å². The zero-order valence-corrected chi connectivity index (χ0v) is 8.71. The van der Waals surface area contributed by atoms with Gasteiger partial charge in [0, 0.05) is 12.6 Å².